The van der Waals surface area contributed by atoms with Crippen molar-refractivity contribution in [1.29, 1.82) is 0 Å². The minimum absolute atomic E-state index is 0.0747. The molecule has 0 unspecified atom stereocenters. The second-order valence-corrected chi connectivity index (χ2v) is 8.90. The number of nitrogens with zero attached hydrogens (tertiary/aromatic N) is 4. The van der Waals surface area contributed by atoms with E-state index in [2.05, 4.69) is 30.3 Å². The lowest BCUT2D eigenvalue weighted by molar-refractivity contribution is -0.117. The van der Waals surface area contributed by atoms with Crippen LogP contribution >= 0.6 is 0 Å². The van der Waals surface area contributed by atoms with Crippen molar-refractivity contribution < 1.29 is 9.59 Å². The van der Waals surface area contributed by atoms with Gasteiger partial charge in [0.2, 0.25) is 11.7 Å². The number of hydrogen-bond acceptors (Lipinski definition) is 4. The lowest BCUT2D eigenvalue weighted by Gasteiger charge is -2.27. The molecule has 0 fully saturated rings. The number of nitrogens with one attached hydrogen (secondary N) is 1. The molecular formula is C25H29N5O3. The van der Waals surface area contributed by atoms with E-state index in [0.29, 0.717) is 31.2 Å². The Morgan fingerprint density at radius 1 is 1.06 bits per heavy atom. The molecule has 0 atom stereocenters. The van der Waals surface area contributed by atoms with Gasteiger partial charge in [0.15, 0.2) is 0 Å². The summed E-state index contributed by atoms with van der Waals surface area (Å²) in [5, 5.41) is 6.98. The first kappa shape index (κ1) is 22.5. The smallest absolute Gasteiger partial charge is 0.330 e. The zero-order valence-corrected chi connectivity index (χ0v) is 19.5. The van der Waals surface area contributed by atoms with Crippen molar-refractivity contribution in [1.82, 2.24) is 19.2 Å². The van der Waals surface area contributed by atoms with E-state index in [1.807, 2.05) is 50.2 Å². The molecule has 1 aliphatic heterocycles. The van der Waals surface area contributed by atoms with Crippen molar-refractivity contribution in [2.75, 3.05) is 11.9 Å². The number of anilines is 1. The number of carbonyl (C=O) groups is 2. The highest BCUT2D eigenvalue weighted by Gasteiger charge is 2.30. The molecule has 1 N–H and O–H groups in total. The lowest BCUT2D eigenvalue weighted by atomic mass is 10.0. The topological polar surface area (TPSA) is 89.2 Å². The summed E-state index contributed by atoms with van der Waals surface area (Å²) >= 11 is 0. The molecule has 8 nitrogen and oxygen atoms in total. The van der Waals surface area contributed by atoms with Crippen LogP contribution < -0.4 is 11.0 Å². The third-order valence-electron chi connectivity index (χ3n) is 6.02. The normalized spacial score (nSPS) is 13.4. The molecule has 0 radical (unpaired) electrons. The first-order valence-corrected chi connectivity index (χ1v) is 11.2. The van der Waals surface area contributed by atoms with E-state index in [1.165, 1.54) is 10.1 Å². The van der Waals surface area contributed by atoms with Crippen LogP contribution in [0.3, 0.4) is 0 Å². The number of amides is 2. The van der Waals surface area contributed by atoms with Crippen LogP contribution in [-0.2, 0) is 24.4 Å². The summed E-state index contributed by atoms with van der Waals surface area (Å²) in [7, 11) is 0. The molecule has 0 saturated carbocycles. The summed E-state index contributed by atoms with van der Waals surface area (Å²) in [6.07, 6.45) is 0. The number of aryl methyl sites for hydroxylation is 2. The third kappa shape index (κ3) is 4.74. The van der Waals surface area contributed by atoms with E-state index >= 15 is 0 Å². The number of carbonyl (C=O) groups excluding carboxylic acids is 2. The van der Waals surface area contributed by atoms with Crippen LogP contribution in [-0.4, -0.2) is 37.6 Å². The summed E-state index contributed by atoms with van der Waals surface area (Å²) in [6, 6.07) is 13.8. The number of rotatable bonds is 6. The number of aromatic nitrogens is 3. The fraction of sp³-hybridized carbons (Fsp3) is 0.360. The standard InChI is InChI=1S/C25H29N5O3/c1-16(2)19-7-9-21(10-8-19)26-22(31)15-30-25(33)29-12-11-28(24(32)23(29)27-30)14-20-13-17(3)5-6-18(20)4/h5-10,13,16H,11-12,14-15H2,1-4H3,(H,26,31). The summed E-state index contributed by atoms with van der Waals surface area (Å²) in [5.41, 5.74) is 4.69. The van der Waals surface area contributed by atoms with Crippen molar-refractivity contribution in [3.8, 4) is 0 Å². The van der Waals surface area contributed by atoms with Crippen molar-refractivity contribution >= 4 is 17.5 Å². The first-order chi connectivity index (χ1) is 15.7. The lowest BCUT2D eigenvalue weighted by Crippen LogP contribution is -2.42. The molecule has 2 heterocycles. The molecule has 172 valence electrons. The molecular weight excluding hydrogens is 418 g/mol. The number of benzene rings is 2. The van der Waals surface area contributed by atoms with Crippen LogP contribution in [0.4, 0.5) is 5.69 Å². The van der Waals surface area contributed by atoms with Gasteiger partial charge < -0.3 is 10.2 Å². The van der Waals surface area contributed by atoms with E-state index in [0.717, 1.165) is 21.4 Å². The SMILES string of the molecule is Cc1ccc(C)c(CN2CCn3c(nn(CC(=O)Nc4ccc(C(C)C)cc4)c3=O)C2=O)c1. The van der Waals surface area contributed by atoms with E-state index in [1.54, 1.807) is 4.90 Å². The third-order valence-corrected chi connectivity index (χ3v) is 6.02. The van der Waals surface area contributed by atoms with Gasteiger partial charge in [-0.05, 0) is 48.6 Å². The quantitative estimate of drug-likeness (QED) is 0.629. The highest BCUT2D eigenvalue weighted by Crippen LogP contribution is 2.18. The van der Waals surface area contributed by atoms with E-state index < -0.39 is 5.69 Å². The van der Waals surface area contributed by atoms with Crippen LogP contribution in [0, 0.1) is 13.8 Å². The average Bonchev–Trinajstić information content (AvgIpc) is 3.09. The highest BCUT2D eigenvalue weighted by molar-refractivity contribution is 5.92. The van der Waals surface area contributed by atoms with Gasteiger partial charge >= 0.3 is 5.69 Å². The van der Waals surface area contributed by atoms with Gasteiger partial charge in [-0.2, -0.15) is 0 Å². The Labute approximate surface area is 192 Å². The molecule has 0 saturated heterocycles. The van der Waals surface area contributed by atoms with Gasteiger partial charge in [-0.25, -0.2) is 9.48 Å². The van der Waals surface area contributed by atoms with Gasteiger partial charge in [-0.15, -0.1) is 5.10 Å². The molecule has 3 aromatic rings. The summed E-state index contributed by atoms with van der Waals surface area (Å²) in [5.74, 6) is -0.199. The minimum Gasteiger partial charge on any atom is -0.330 e. The van der Waals surface area contributed by atoms with Gasteiger partial charge in [-0.1, -0.05) is 49.7 Å². The predicted octanol–water partition coefficient (Wildman–Crippen LogP) is 3.08. The second kappa shape index (κ2) is 9.05. The maximum atomic E-state index is 13.0. The Morgan fingerprint density at radius 3 is 2.48 bits per heavy atom. The number of hydrogen-bond donors (Lipinski definition) is 1. The Bertz CT molecular complexity index is 1250. The van der Waals surface area contributed by atoms with Gasteiger partial charge in [-0.3, -0.25) is 14.2 Å². The zero-order chi connectivity index (χ0) is 23.7. The number of fused-ring (bicyclic) bond motifs is 1. The summed E-state index contributed by atoms with van der Waals surface area (Å²) in [4.78, 5) is 40.0. The first-order valence-electron chi connectivity index (χ1n) is 11.2. The van der Waals surface area contributed by atoms with Gasteiger partial charge in [0.05, 0.1) is 0 Å². The maximum Gasteiger partial charge on any atom is 0.346 e. The molecule has 0 bridgehead atoms. The van der Waals surface area contributed by atoms with Crippen molar-refractivity contribution in [2.24, 2.45) is 0 Å². The van der Waals surface area contributed by atoms with Crippen LogP contribution in [0.2, 0.25) is 0 Å². The van der Waals surface area contributed by atoms with Gasteiger partial charge in [0.25, 0.3) is 5.91 Å². The fourth-order valence-corrected chi connectivity index (χ4v) is 3.98. The zero-order valence-electron chi connectivity index (χ0n) is 19.5. The van der Waals surface area contributed by atoms with Gasteiger partial charge in [0, 0.05) is 25.3 Å². The maximum absolute atomic E-state index is 13.0. The predicted molar refractivity (Wildman–Crippen MR) is 126 cm³/mol. The van der Waals surface area contributed by atoms with Crippen LogP contribution in [0.15, 0.2) is 47.3 Å². The molecule has 0 aliphatic carbocycles. The highest BCUT2D eigenvalue weighted by atomic mass is 16.2. The largest absolute Gasteiger partial charge is 0.346 e. The molecule has 4 rings (SSSR count). The van der Waals surface area contributed by atoms with E-state index in [-0.39, 0.29) is 24.2 Å². The molecule has 2 aromatic carbocycles. The van der Waals surface area contributed by atoms with Crippen LogP contribution in [0.1, 0.15) is 52.6 Å². The van der Waals surface area contributed by atoms with Crippen molar-refractivity contribution in [3.05, 3.63) is 81.0 Å². The fourth-order valence-electron chi connectivity index (χ4n) is 3.98. The molecule has 1 aromatic heterocycles. The molecule has 33 heavy (non-hydrogen) atoms. The molecule has 1 aliphatic rings. The Kier molecular flexibility index (Phi) is 6.18. The summed E-state index contributed by atoms with van der Waals surface area (Å²) in [6.45, 7) is 9.21. The van der Waals surface area contributed by atoms with E-state index in [9.17, 15) is 14.4 Å². The summed E-state index contributed by atoms with van der Waals surface area (Å²) < 4.78 is 2.42. The van der Waals surface area contributed by atoms with Crippen LogP contribution in [0.25, 0.3) is 0 Å². The molecule has 0 spiro atoms. The molecule has 2 amide bonds. The average molecular weight is 448 g/mol. The van der Waals surface area contributed by atoms with Crippen LogP contribution in [0.5, 0.6) is 0 Å². The minimum atomic E-state index is -0.449. The molecule has 8 heteroatoms. The Morgan fingerprint density at radius 2 is 1.79 bits per heavy atom. The Balaban J connectivity index is 1.47. The second-order valence-electron chi connectivity index (χ2n) is 8.90. The monoisotopic (exact) mass is 447 g/mol. The van der Waals surface area contributed by atoms with E-state index in [4.69, 9.17) is 0 Å². The van der Waals surface area contributed by atoms with Gasteiger partial charge in [0.1, 0.15) is 6.54 Å². The van der Waals surface area contributed by atoms with Crippen molar-refractivity contribution in [3.63, 3.8) is 0 Å². The Hall–Kier alpha value is -3.68. The van der Waals surface area contributed by atoms with Crippen molar-refractivity contribution in [2.45, 2.75) is 53.2 Å².